The van der Waals surface area contributed by atoms with Crippen LogP contribution in [-0.4, -0.2) is 20.5 Å². The summed E-state index contributed by atoms with van der Waals surface area (Å²) < 4.78 is 2.22. The summed E-state index contributed by atoms with van der Waals surface area (Å²) in [6.45, 7) is 8.51. The summed E-state index contributed by atoms with van der Waals surface area (Å²) in [5, 5.41) is 16.0. The van der Waals surface area contributed by atoms with E-state index in [0.717, 1.165) is 73.7 Å². The molecular formula is C30H48N2O. The third-order valence-corrected chi connectivity index (χ3v) is 11.8. The van der Waals surface area contributed by atoms with Crippen LogP contribution in [0, 0.1) is 52.8 Å². The first-order valence-electron chi connectivity index (χ1n) is 14.6. The monoisotopic (exact) mass is 452 g/mol. The van der Waals surface area contributed by atoms with Crippen molar-refractivity contribution in [1.29, 1.82) is 0 Å². The van der Waals surface area contributed by atoms with Crippen LogP contribution in [0.25, 0.3) is 0 Å². The Morgan fingerprint density at radius 3 is 2.61 bits per heavy atom. The predicted octanol–water partition coefficient (Wildman–Crippen LogP) is 6.88. The van der Waals surface area contributed by atoms with Gasteiger partial charge >= 0.3 is 0 Å². The van der Waals surface area contributed by atoms with Gasteiger partial charge in [-0.05, 0) is 129 Å². The van der Waals surface area contributed by atoms with Crippen molar-refractivity contribution in [3.05, 3.63) is 18.0 Å². The van der Waals surface area contributed by atoms with Crippen LogP contribution in [0.2, 0.25) is 0 Å². The summed E-state index contributed by atoms with van der Waals surface area (Å²) in [4.78, 5) is 0. The molecule has 0 radical (unpaired) electrons. The Morgan fingerprint density at radius 1 is 1.03 bits per heavy atom. The van der Waals surface area contributed by atoms with Crippen LogP contribution in [0.15, 0.2) is 12.4 Å². The number of hydrogen-bond acceptors (Lipinski definition) is 2. The van der Waals surface area contributed by atoms with E-state index in [-0.39, 0.29) is 5.60 Å². The number of rotatable bonds is 6. The molecule has 1 aromatic heterocycles. The highest BCUT2D eigenvalue weighted by Crippen LogP contribution is 2.66. The molecule has 184 valence electrons. The van der Waals surface area contributed by atoms with Crippen LogP contribution >= 0.6 is 0 Å². The molecule has 5 fully saturated rings. The fourth-order valence-electron chi connectivity index (χ4n) is 10.1. The third-order valence-electron chi connectivity index (χ3n) is 11.8. The number of nitrogens with zero attached hydrogens (tertiary/aromatic N) is 2. The Kier molecular flexibility index (Phi) is 5.75. The summed E-state index contributed by atoms with van der Waals surface area (Å²) in [6, 6.07) is 0. The van der Waals surface area contributed by atoms with Crippen molar-refractivity contribution >= 4 is 0 Å². The maximum atomic E-state index is 11.3. The first-order chi connectivity index (χ1) is 15.9. The van der Waals surface area contributed by atoms with E-state index in [4.69, 9.17) is 0 Å². The summed E-state index contributed by atoms with van der Waals surface area (Å²) in [7, 11) is 0. The van der Waals surface area contributed by atoms with Crippen molar-refractivity contribution in [2.24, 2.45) is 52.8 Å². The summed E-state index contributed by atoms with van der Waals surface area (Å²) in [6.07, 6.45) is 21.5. The largest absolute Gasteiger partial charge is 0.390 e. The predicted molar refractivity (Wildman–Crippen MR) is 134 cm³/mol. The maximum Gasteiger partial charge on any atom is 0.0653 e. The second-order valence-corrected chi connectivity index (χ2v) is 13.7. The summed E-state index contributed by atoms with van der Waals surface area (Å²) in [5.74, 6) is 7.02. The van der Waals surface area contributed by atoms with Crippen molar-refractivity contribution in [3.63, 3.8) is 0 Å². The SMILES string of the molecule is CCc1cnn(C[C@@H](C)[C@H]2CC[C@H]3[C@@H]4CC[C@@H]5C[C@@](O)(CC6CC6)CC[C@@H]5[C@H]4CC[C@]23C)c1. The Hall–Kier alpha value is -0.830. The van der Waals surface area contributed by atoms with Gasteiger partial charge in [0.15, 0.2) is 0 Å². The van der Waals surface area contributed by atoms with E-state index in [1.54, 1.807) is 0 Å². The Bertz CT molecular complexity index is 844. The van der Waals surface area contributed by atoms with Crippen molar-refractivity contribution in [1.82, 2.24) is 9.78 Å². The molecule has 6 rings (SSSR count). The van der Waals surface area contributed by atoms with Crippen LogP contribution in [0.4, 0.5) is 0 Å². The molecule has 0 aliphatic heterocycles. The van der Waals surface area contributed by atoms with Crippen molar-refractivity contribution in [2.75, 3.05) is 0 Å². The molecule has 1 aromatic rings. The lowest BCUT2D eigenvalue weighted by atomic mass is 9.48. The molecule has 3 nitrogen and oxygen atoms in total. The van der Waals surface area contributed by atoms with Gasteiger partial charge in [-0.25, -0.2) is 0 Å². The number of aryl methyl sites for hydroxylation is 1. The quantitative estimate of drug-likeness (QED) is 0.511. The van der Waals surface area contributed by atoms with E-state index >= 15 is 0 Å². The topological polar surface area (TPSA) is 38.0 Å². The van der Waals surface area contributed by atoms with Gasteiger partial charge in [0, 0.05) is 12.7 Å². The molecule has 0 unspecified atom stereocenters. The Morgan fingerprint density at radius 2 is 1.85 bits per heavy atom. The van der Waals surface area contributed by atoms with Crippen LogP contribution < -0.4 is 0 Å². The summed E-state index contributed by atoms with van der Waals surface area (Å²) >= 11 is 0. The van der Waals surface area contributed by atoms with Crippen LogP contribution in [0.3, 0.4) is 0 Å². The smallest absolute Gasteiger partial charge is 0.0653 e. The summed E-state index contributed by atoms with van der Waals surface area (Å²) in [5.41, 5.74) is 1.60. The van der Waals surface area contributed by atoms with Crippen LogP contribution in [0.5, 0.6) is 0 Å². The van der Waals surface area contributed by atoms with E-state index in [9.17, 15) is 5.11 Å². The number of aromatic nitrogens is 2. The number of aliphatic hydroxyl groups is 1. The standard InChI is InChI=1S/C30H48N2O/c1-4-21-17-31-32(19-21)18-20(2)27-9-10-28-26-8-7-23-16-30(33,15-22-5-6-22)14-12-24(23)25(26)11-13-29(27,28)3/h17,19-20,22-28,33H,4-16,18H2,1-3H3/t20-,23-,24+,25-,26-,27-,28+,29-,30+/m1/s1. The normalized spacial score (nSPS) is 45.8. The molecule has 0 spiro atoms. The van der Waals surface area contributed by atoms with Gasteiger partial charge in [-0.1, -0.05) is 33.6 Å². The van der Waals surface area contributed by atoms with E-state index in [2.05, 4.69) is 42.9 Å². The molecule has 1 heterocycles. The lowest BCUT2D eigenvalue weighted by Crippen LogP contribution is -2.51. The highest BCUT2D eigenvalue weighted by molar-refractivity contribution is 5.08. The Labute approximate surface area is 202 Å². The molecule has 0 saturated heterocycles. The average Bonchev–Trinajstić information content (AvgIpc) is 3.34. The zero-order chi connectivity index (χ0) is 22.8. The van der Waals surface area contributed by atoms with Gasteiger partial charge in [0.2, 0.25) is 0 Å². The Balaban J connectivity index is 1.13. The van der Waals surface area contributed by atoms with Gasteiger partial charge in [0.1, 0.15) is 0 Å². The van der Waals surface area contributed by atoms with E-state index < -0.39 is 0 Å². The second-order valence-electron chi connectivity index (χ2n) is 13.7. The number of fused-ring (bicyclic) bond motifs is 5. The zero-order valence-electron chi connectivity index (χ0n) is 21.5. The molecule has 0 amide bonds. The van der Waals surface area contributed by atoms with E-state index in [0.29, 0.717) is 11.3 Å². The van der Waals surface area contributed by atoms with Gasteiger partial charge in [-0.15, -0.1) is 0 Å². The molecule has 1 N–H and O–H groups in total. The molecule has 5 aliphatic rings. The first-order valence-corrected chi connectivity index (χ1v) is 14.6. The minimum absolute atomic E-state index is 0.309. The fraction of sp³-hybridized carbons (Fsp3) is 0.900. The molecule has 0 aromatic carbocycles. The molecule has 33 heavy (non-hydrogen) atoms. The fourth-order valence-corrected chi connectivity index (χ4v) is 10.1. The van der Waals surface area contributed by atoms with Gasteiger partial charge < -0.3 is 5.11 Å². The highest BCUT2D eigenvalue weighted by atomic mass is 16.3. The van der Waals surface area contributed by atoms with E-state index in [1.807, 2.05) is 0 Å². The van der Waals surface area contributed by atoms with Gasteiger partial charge in [0.25, 0.3) is 0 Å². The maximum absolute atomic E-state index is 11.3. The van der Waals surface area contributed by atoms with Gasteiger partial charge in [0.05, 0.1) is 11.8 Å². The van der Waals surface area contributed by atoms with Crippen molar-refractivity contribution in [3.8, 4) is 0 Å². The van der Waals surface area contributed by atoms with Crippen LogP contribution in [-0.2, 0) is 13.0 Å². The molecular weight excluding hydrogens is 404 g/mol. The van der Waals surface area contributed by atoms with Crippen molar-refractivity contribution < 1.29 is 5.11 Å². The average molecular weight is 453 g/mol. The highest BCUT2D eigenvalue weighted by Gasteiger charge is 2.58. The lowest BCUT2D eigenvalue weighted by Gasteiger charge is -2.57. The van der Waals surface area contributed by atoms with Gasteiger partial charge in [-0.3, -0.25) is 4.68 Å². The van der Waals surface area contributed by atoms with Crippen molar-refractivity contribution in [2.45, 2.75) is 116 Å². The molecule has 9 atom stereocenters. The first kappa shape index (κ1) is 22.6. The van der Waals surface area contributed by atoms with Crippen LogP contribution in [0.1, 0.15) is 103 Å². The lowest BCUT2D eigenvalue weighted by molar-refractivity contribution is -0.112. The zero-order valence-corrected chi connectivity index (χ0v) is 21.5. The minimum atomic E-state index is -0.309. The van der Waals surface area contributed by atoms with E-state index in [1.165, 1.54) is 63.4 Å². The number of hydrogen-bond donors (Lipinski definition) is 1. The molecule has 0 bridgehead atoms. The molecule has 5 saturated carbocycles. The third kappa shape index (κ3) is 4.03. The molecule has 3 heteroatoms. The molecule has 5 aliphatic carbocycles. The second kappa shape index (κ2) is 8.38. The minimum Gasteiger partial charge on any atom is -0.390 e. The van der Waals surface area contributed by atoms with Gasteiger partial charge in [-0.2, -0.15) is 5.10 Å².